The van der Waals surface area contributed by atoms with Gasteiger partial charge in [0.15, 0.2) is 0 Å². The molecule has 0 N–H and O–H groups in total. The van der Waals surface area contributed by atoms with Gasteiger partial charge in [-0.05, 0) is 32.6 Å². The Hall–Kier alpha value is -0.203. The average Bonchev–Trinajstić information content (AvgIpc) is 2.58. The van der Waals surface area contributed by atoms with Gasteiger partial charge in [0.1, 0.15) is 5.73 Å². The maximum atomic E-state index is 6.35. The summed E-state index contributed by atoms with van der Waals surface area (Å²) < 4.78 is 25.2. The number of hydrogen-bond acceptors (Lipinski definition) is 4. The summed E-state index contributed by atoms with van der Waals surface area (Å²) in [5.41, 5.74) is 0.902. The Labute approximate surface area is 157 Å². The first kappa shape index (κ1) is 24.8. The third-order valence-corrected chi connectivity index (χ3v) is 6.94. The molecule has 150 valence electrons. The van der Waals surface area contributed by atoms with Crippen LogP contribution in [0.5, 0.6) is 0 Å². The van der Waals surface area contributed by atoms with Crippen LogP contribution in [0.25, 0.3) is 0 Å². The minimum absolute atomic E-state index is 0.111. The van der Waals surface area contributed by atoms with Crippen molar-refractivity contribution in [2.45, 2.75) is 91.7 Å². The predicted octanol–water partition coefficient (Wildman–Crippen LogP) is 5.68. The quantitative estimate of drug-likeness (QED) is 0.176. The fraction of sp³-hybridized carbons (Fsp3) is 0.900. The third kappa shape index (κ3) is 11.2. The van der Waals surface area contributed by atoms with E-state index >= 15 is 0 Å². The van der Waals surface area contributed by atoms with E-state index in [9.17, 15) is 0 Å². The molecule has 1 atom stereocenters. The molecule has 25 heavy (non-hydrogen) atoms. The molecule has 1 unspecified atom stereocenters. The first-order valence-electron chi connectivity index (χ1n) is 10.2. The van der Waals surface area contributed by atoms with E-state index in [4.69, 9.17) is 18.0 Å². The van der Waals surface area contributed by atoms with E-state index in [2.05, 4.69) is 34.3 Å². The van der Waals surface area contributed by atoms with Crippen molar-refractivity contribution >= 4 is 8.80 Å². The van der Waals surface area contributed by atoms with Crippen molar-refractivity contribution in [3.05, 3.63) is 12.2 Å². The lowest BCUT2D eigenvalue weighted by Gasteiger charge is -2.36. The van der Waals surface area contributed by atoms with E-state index in [1.54, 1.807) is 0 Å². The van der Waals surface area contributed by atoms with Gasteiger partial charge in [-0.1, -0.05) is 65.5 Å². The molecule has 0 aromatic rings. The second-order valence-electron chi connectivity index (χ2n) is 6.76. The fourth-order valence-corrected chi connectivity index (χ4v) is 5.37. The fourth-order valence-electron chi connectivity index (χ4n) is 2.35. The van der Waals surface area contributed by atoms with Crippen molar-refractivity contribution in [2.24, 2.45) is 0 Å². The van der Waals surface area contributed by atoms with Crippen molar-refractivity contribution in [3.63, 3.8) is 0 Å². The molecule has 0 aromatic carbocycles. The van der Waals surface area contributed by atoms with E-state index in [-0.39, 0.29) is 5.73 Å². The Morgan fingerprint density at radius 3 is 1.56 bits per heavy atom. The van der Waals surface area contributed by atoms with Gasteiger partial charge in [0.05, 0.1) is 6.61 Å². The lowest BCUT2D eigenvalue weighted by atomic mass is 10.3. The summed E-state index contributed by atoms with van der Waals surface area (Å²) >= 11 is 0. The van der Waals surface area contributed by atoms with Crippen LogP contribution in [0.1, 0.15) is 86.0 Å². The molecule has 0 fully saturated rings. The van der Waals surface area contributed by atoms with Gasteiger partial charge in [-0.3, -0.25) is 0 Å². The minimum Gasteiger partial charge on any atom is -0.372 e. The first-order chi connectivity index (χ1) is 12.1. The summed E-state index contributed by atoms with van der Waals surface area (Å²) in [6.07, 6.45) is 8.25. The van der Waals surface area contributed by atoms with Crippen molar-refractivity contribution in [1.29, 1.82) is 0 Å². The van der Waals surface area contributed by atoms with Gasteiger partial charge in [-0.15, -0.1) is 0 Å². The van der Waals surface area contributed by atoms with Crippen molar-refractivity contribution in [2.75, 3.05) is 26.4 Å². The average molecular weight is 375 g/mol. The Morgan fingerprint density at radius 2 is 1.24 bits per heavy atom. The monoisotopic (exact) mass is 374 g/mol. The standard InChI is InChI=1S/C20H42O4Si/c1-7-11-15-22-25(23-16-12-8-2,24-17-13-9-3)20(14-10-4)21-18-19(5)6/h20H,5,7-18H2,1-4,6H3. The lowest BCUT2D eigenvalue weighted by Crippen LogP contribution is -2.58. The summed E-state index contributed by atoms with van der Waals surface area (Å²) in [4.78, 5) is 0. The van der Waals surface area contributed by atoms with Crippen LogP contribution in [-0.2, 0) is 18.0 Å². The van der Waals surface area contributed by atoms with Gasteiger partial charge in [0.2, 0.25) is 0 Å². The predicted molar refractivity (Wildman–Crippen MR) is 108 cm³/mol. The maximum Gasteiger partial charge on any atom is 0.531 e. The molecule has 4 nitrogen and oxygen atoms in total. The highest BCUT2D eigenvalue weighted by Crippen LogP contribution is 2.24. The largest absolute Gasteiger partial charge is 0.531 e. The molecule has 0 aliphatic rings. The summed E-state index contributed by atoms with van der Waals surface area (Å²) in [5.74, 6) is 0. The van der Waals surface area contributed by atoms with Crippen molar-refractivity contribution in [3.8, 4) is 0 Å². The van der Waals surface area contributed by atoms with Gasteiger partial charge in [-0.2, -0.15) is 0 Å². The molecule has 0 spiro atoms. The number of ether oxygens (including phenoxy) is 1. The lowest BCUT2D eigenvalue weighted by molar-refractivity contribution is -0.0144. The van der Waals surface area contributed by atoms with Gasteiger partial charge in [-0.25, -0.2) is 0 Å². The van der Waals surface area contributed by atoms with E-state index in [1.165, 1.54) is 0 Å². The summed E-state index contributed by atoms with van der Waals surface area (Å²) in [5, 5.41) is 0. The van der Waals surface area contributed by atoms with Crippen LogP contribution in [0.3, 0.4) is 0 Å². The second-order valence-corrected chi connectivity index (χ2v) is 9.47. The first-order valence-corrected chi connectivity index (χ1v) is 12.0. The molecule has 0 rings (SSSR count). The molecular formula is C20H42O4Si. The molecule has 0 aliphatic carbocycles. The van der Waals surface area contributed by atoms with Crippen LogP contribution in [0.4, 0.5) is 0 Å². The topological polar surface area (TPSA) is 36.9 Å². The van der Waals surface area contributed by atoms with Gasteiger partial charge in [0, 0.05) is 19.8 Å². The Kier molecular flexibility index (Phi) is 15.9. The van der Waals surface area contributed by atoms with Gasteiger partial charge in [0.25, 0.3) is 0 Å². The number of hydrogen-bond donors (Lipinski definition) is 0. The van der Waals surface area contributed by atoms with E-state index in [0.29, 0.717) is 26.4 Å². The van der Waals surface area contributed by atoms with Crippen LogP contribution in [0.2, 0.25) is 0 Å². The molecule has 0 bridgehead atoms. The van der Waals surface area contributed by atoms with Crippen LogP contribution in [-0.4, -0.2) is 41.0 Å². The van der Waals surface area contributed by atoms with E-state index in [1.807, 2.05) is 6.92 Å². The minimum atomic E-state index is -2.89. The Balaban J connectivity index is 5.29. The van der Waals surface area contributed by atoms with Crippen LogP contribution in [0, 0.1) is 0 Å². The highest BCUT2D eigenvalue weighted by Gasteiger charge is 2.50. The zero-order chi connectivity index (χ0) is 19.0. The molecule has 0 saturated heterocycles. The summed E-state index contributed by atoms with van der Waals surface area (Å²) in [7, 11) is -2.89. The molecular weight excluding hydrogens is 332 g/mol. The maximum absolute atomic E-state index is 6.35. The smallest absolute Gasteiger partial charge is 0.372 e. The summed E-state index contributed by atoms with van der Waals surface area (Å²) in [6, 6.07) is 0. The summed E-state index contributed by atoms with van der Waals surface area (Å²) in [6.45, 7) is 17.2. The Bertz CT molecular complexity index is 296. The molecule has 0 saturated carbocycles. The highest BCUT2D eigenvalue weighted by atomic mass is 28.4. The zero-order valence-corrected chi connectivity index (χ0v) is 18.4. The third-order valence-electron chi connectivity index (χ3n) is 3.88. The molecule has 0 amide bonds. The molecule has 5 heteroatoms. The van der Waals surface area contributed by atoms with Gasteiger partial charge < -0.3 is 18.0 Å². The normalized spacial score (nSPS) is 13.2. The van der Waals surface area contributed by atoms with Crippen LogP contribution in [0.15, 0.2) is 12.2 Å². The van der Waals surface area contributed by atoms with E-state index < -0.39 is 8.80 Å². The van der Waals surface area contributed by atoms with Crippen LogP contribution < -0.4 is 0 Å². The highest BCUT2D eigenvalue weighted by molar-refractivity contribution is 6.62. The van der Waals surface area contributed by atoms with E-state index in [0.717, 1.165) is 56.9 Å². The SMILES string of the molecule is C=C(C)COC(CCC)[Si](OCCCC)(OCCCC)OCCCC. The molecule has 0 aromatic heterocycles. The molecule has 0 radical (unpaired) electrons. The zero-order valence-electron chi connectivity index (χ0n) is 17.4. The number of rotatable bonds is 18. The van der Waals surface area contributed by atoms with Crippen molar-refractivity contribution < 1.29 is 18.0 Å². The van der Waals surface area contributed by atoms with Gasteiger partial charge >= 0.3 is 8.80 Å². The number of unbranched alkanes of at least 4 members (excludes halogenated alkanes) is 3. The Morgan fingerprint density at radius 1 is 0.800 bits per heavy atom. The van der Waals surface area contributed by atoms with Crippen LogP contribution >= 0.6 is 0 Å². The molecule has 0 heterocycles. The second kappa shape index (κ2) is 16.0. The van der Waals surface area contributed by atoms with Crippen molar-refractivity contribution in [1.82, 2.24) is 0 Å². The molecule has 0 aliphatic heterocycles.